The largest absolute Gasteiger partial charge is 0.320 e. The molecule has 2 rings (SSSR count). The van der Waals surface area contributed by atoms with Crippen LogP contribution in [0.1, 0.15) is 17.2 Å². The van der Waals surface area contributed by atoms with Crippen LogP contribution in [0.3, 0.4) is 0 Å². The molecule has 0 saturated carbocycles. The number of aromatic nitrogens is 2. The first-order chi connectivity index (χ1) is 8.48. The molecule has 0 aliphatic heterocycles. The van der Waals surface area contributed by atoms with Crippen LogP contribution in [-0.2, 0) is 9.84 Å². The molecule has 1 aromatic heterocycles. The molecule has 1 atom stereocenters. The summed E-state index contributed by atoms with van der Waals surface area (Å²) in [6.45, 7) is 0. The molecule has 1 unspecified atom stereocenters. The molecule has 0 aliphatic carbocycles. The lowest BCUT2D eigenvalue weighted by atomic mass is 10.0. The van der Waals surface area contributed by atoms with Gasteiger partial charge in [-0.3, -0.25) is 0 Å². The summed E-state index contributed by atoms with van der Waals surface area (Å²) in [4.78, 5) is 8.04. The lowest BCUT2D eigenvalue weighted by Crippen LogP contribution is -2.13. The Kier molecular flexibility index (Phi) is 3.40. The molecule has 1 aromatic carbocycles. The summed E-state index contributed by atoms with van der Waals surface area (Å²) in [5.74, 6) is 0. The number of hydrogen-bond acceptors (Lipinski definition) is 5. The van der Waals surface area contributed by atoms with Gasteiger partial charge in [-0.25, -0.2) is 18.4 Å². The van der Waals surface area contributed by atoms with Crippen molar-refractivity contribution < 1.29 is 8.42 Å². The molecule has 0 spiro atoms. The van der Waals surface area contributed by atoms with E-state index in [0.717, 1.165) is 5.56 Å². The van der Waals surface area contributed by atoms with Gasteiger partial charge in [0, 0.05) is 24.2 Å². The van der Waals surface area contributed by atoms with Gasteiger partial charge in [-0.05, 0) is 17.7 Å². The van der Waals surface area contributed by atoms with Crippen LogP contribution < -0.4 is 5.73 Å². The minimum atomic E-state index is -3.23. The van der Waals surface area contributed by atoms with Crippen LogP contribution in [0.25, 0.3) is 0 Å². The minimum absolute atomic E-state index is 0.257. The Morgan fingerprint density at radius 2 is 1.83 bits per heavy atom. The summed E-state index contributed by atoms with van der Waals surface area (Å²) in [5, 5.41) is 0. The third kappa shape index (κ3) is 2.72. The van der Waals surface area contributed by atoms with Crippen LogP contribution in [0, 0.1) is 0 Å². The van der Waals surface area contributed by atoms with Gasteiger partial charge in [0.15, 0.2) is 9.84 Å². The van der Waals surface area contributed by atoms with Crippen molar-refractivity contribution in [2.45, 2.75) is 10.9 Å². The molecule has 5 nitrogen and oxygen atoms in total. The number of nitrogens with zero attached hydrogens (tertiary/aromatic N) is 2. The highest BCUT2D eigenvalue weighted by atomic mass is 32.2. The maximum absolute atomic E-state index is 11.5. The Bertz CT molecular complexity index is 641. The van der Waals surface area contributed by atoms with E-state index in [4.69, 9.17) is 5.73 Å². The number of sulfone groups is 1. The Balaban J connectivity index is 2.41. The van der Waals surface area contributed by atoms with E-state index in [2.05, 4.69) is 9.97 Å². The van der Waals surface area contributed by atoms with Crippen molar-refractivity contribution in [2.75, 3.05) is 6.26 Å². The molecule has 0 saturated heterocycles. The zero-order chi connectivity index (χ0) is 13.2. The molecule has 94 valence electrons. The van der Waals surface area contributed by atoms with E-state index in [9.17, 15) is 8.42 Å². The molecule has 2 aromatic rings. The van der Waals surface area contributed by atoms with Crippen molar-refractivity contribution in [3.8, 4) is 0 Å². The number of rotatable bonds is 3. The van der Waals surface area contributed by atoms with Crippen LogP contribution >= 0.6 is 0 Å². The average molecular weight is 263 g/mol. The van der Waals surface area contributed by atoms with Crippen molar-refractivity contribution >= 4 is 9.84 Å². The molecular weight excluding hydrogens is 250 g/mol. The third-order valence-corrected chi connectivity index (χ3v) is 3.70. The predicted octanol–water partition coefficient (Wildman–Crippen LogP) is 0.928. The second-order valence-corrected chi connectivity index (χ2v) is 6.01. The van der Waals surface area contributed by atoms with Crippen LogP contribution in [0.5, 0.6) is 0 Å². The van der Waals surface area contributed by atoms with Gasteiger partial charge in [-0.1, -0.05) is 12.1 Å². The zero-order valence-corrected chi connectivity index (χ0v) is 10.6. The minimum Gasteiger partial charge on any atom is -0.320 e. The van der Waals surface area contributed by atoms with Gasteiger partial charge in [0.05, 0.1) is 10.9 Å². The van der Waals surface area contributed by atoms with Gasteiger partial charge in [-0.2, -0.15) is 0 Å². The molecular formula is C12H13N3O2S. The molecule has 0 aliphatic rings. The summed E-state index contributed by atoms with van der Waals surface area (Å²) in [6.07, 6.45) is 5.82. The van der Waals surface area contributed by atoms with Crippen molar-refractivity contribution in [3.63, 3.8) is 0 Å². The fourth-order valence-electron chi connectivity index (χ4n) is 1.60. The van der Waals surface area contributed by atoms with Crippen molar-refractivity contribution in [3.05, 3.63) is 54.1 Å². The lowest BCUT2D eigenvalue weighted by molar-refractivity contribution is 0.601. The first-order valence-corrected chi connectivity index (χ1v) is 7.18. The number of nitrogens with two attached hydrogens (primary N) is 1. The lowest BCUT2D eigenvalue weighted by Gasteiger charge is -2.12. The van der Waals surface area contributed by atoms with Crippen LogP contribution in [0.15, 0.2) is 47.9 Å². The summed E-state index contributed by atoms with van der Waals surface area (Å²) in [7, 11) is -3.23. The third-order valence-electron chi connectivity index (χ3n) is 2.59. The Labute approximate surface area is 106 Å². The highest BCUT2D eigenvalue weighted by Gasteiger charge is 2.13. The van der Waals surface area contributed by atoms with Crippen molar-refractivity contribution in [2.24, 2.45) is 5.73 Å². The van der Waals surface area contributed by atoms with Crippen LogP contribution in [0.4, 0.5) is 0 Å². The second kappa shape index (κ2) is 4.83. The van der Waals surface area contributed by atoms with E-state index in [0.29, 0.717) is 5.56 Å². The van der Waals surface area contributed by atoms with E-state index in [-0.39, 0.29) is 4.90 Å². The molecule has 0 bridgehead atoms. The first kappa shape index (κ1) is 12.7. The summed E-state index contributed by atoms with van der Waals surface area (Å²) in [5.41, 5.74) is 7.51. The first-order valence-electron chi connectivity index (χ1n) is 5.29. The zero-order valence-electron chi connectivity index (χ0n) is 9.82. The van der Waals surface area contributed by atoms with Gasteiger partial charge in [0.25, 0.3) is 0 Å². The maximum atomic E-state index is 11.5. The summed E-state index contributed by atoms with van der Waals surface area (Å²) in [6, 6.07) is 6.15. The van der Waals surface area contributed by atoms with E-state index >= 15 is 0 Å². The molecule has 6 heteroatoms. The molecule has 0 fully saturated rings. The quantitative estimate of drug-likeness (QED) is 0.890. The molecule has 2 N–H and O–H groups in total. The highest BCUT2D eigenvalue weighted by Crippen LogP contribution is 2.20. The Morgan fingerprint density at radius 1 is 1.17 bits per heavy atom. The van der Waals surface area contributed by atoms with E-state index < -0.39 is 15.9 Å². The smallest absolute Gasteiger partial charge is 0.175 e. The maximum Gasteiger partial charge on any atom is 0.175 e. The number of hydrogen-bond donors (Lipinski definition) is 1. The topological polar surface area (TPSA) is 85.9 Å². The molecule has 0 amide bonds. The monoisotopic (exact) mass is 263 g/mol. The van der Waals surface area contributed by atoms with Gasteiger partial charge >= 0.3 is 0 Å². The van der Waals surface area contributed by atoms with Gasteiger partial charge in [0.1, 0.15) is 6.33 Å². The predicted molar refractivity (Wildman–Crippen MR) is 67.6 cm³/mol. The summed E-state index contributed by atoms with van der Waals surface area (Å²) < 4.78 is 23.0. The highest BCUT2D eigenvalue weighted by molar-refractivity contribution is 7.90. The molecule has 0 radical (unpaired) electrons. The van der Waals surface area contributed by atoms with E-state index in [1.807, 2.05) is 0 Å². The SMILES string of the molecule is CS(=O)(=O)c1cccc(C(N)c2cncnc2)c1. The number of benzene rings is 1. The van der Waals surface area contributed by atoms with Crippen LogP contribution in [-0.4, -0.2) is 24.6 Å². The van der Waals surface area contributed by atoms with Crippen LogP contribution in [0.2, 0.25) is 0 Å². The van der Waals surface area contributed by atoms with Crippen molar-refractivity contribution in [1.29, 1.82) is 0 Å². The van der Waals surface area contributed by atoms with E-state index in [1.54, 1.807) is 36.7 Å². The molecule has 1 heterocycles. The summed E-state index contributed by atoms with van der Waals surface area (Å²) >= 11 is 0. The fraction of sp³-hybridized carbons (Fsp3) is 0.167. The van der Waals surface area contributed by atoms with Crippen molar-refractivity contribution in [1.82, 2.24) is 9.97 Å². The molecule has 18 heavy (non-hydrogen) atoms. The second-order valence-electron chi connectivity index (χ2n) is 3.99. The Morgan fingerprint density at radius 3 is 2.44 bits per heavy atom. The average Bonchev–Trinajstić information content (AvgIpc) is 2.38. The van der Waals surface area contributed by atoms with Gasteiger partial charge < -0.3 is 5.73 Å². The van der Waals surface area contributed by atoms with Gasteiger partial charge in [-0.15, -0.1) is 0 Å². The standard InChI is InChI=1S/C12H13N3O2S/c1-18(16,17)11-4-2-3-9(5-11)12(13)10-6-14-8-15-7-10/h2-8,12H,13H2,1H3. The fourth-order valence-corrected chi connectivity index (χ4v) is 2.28. The normalized spacial score (nSPS) is 13.2. The van der Waals surface area contributed by atoms with Gasteiger partial charge in [0.2, 0.25) is 0 Å². The Hall–Kier alpha value is -1.79. The van der Waals surface area contributed by atoms with E-state index in [1.165, 1.54) is 12.6 Å².